The van der Waals surface area contributed by atoms with Crippen LogP contribution in [0.15, 0.2) is 4.90 Å². The highest BCUT2D eigenvalue weighted by molar-refractivity contribution is 7.89. The standard InChI is InChI=1S/C9H11FN2O4S/c1-4-5(2)9(17(11,15)16)6(3)8(7(4)10)12(13)14/h1-3H3,(H2,11,15,16). The van der Waals surface area contributed by atoms with Crippen LogP contribution in [0, 0.1) is 36.7 Å². The van der Waals surface area contributed by atoms with Crippen LogP contribution < -0.4 is 5.14 Å². The average molecular weight is 262 g/mol. The number of hydrogen-bond acceptors (Lipinski definition) is 4. The van der Waals surface area contributed by atoms with Crippen LogP contribution >= 0.6 is 0 Å². The third kappa shape index (κ3) is 2.13. The van der Waals surface area contributed by atoms with Gasteiger partial charge in [0.2, 0.25) is 15.8 Å². The number of sulfonamides is 1. The van der Waals surface area contributed by atoms with Crippen LogP contribution in [0.4, 0.5) is 10.1 Å². The van der Waals surface area contributed by atoms with Crippen molar-refractivity contribution in [2.24, 2.45) is 5.14 Å². The Morgan fingerprint density at radius 2 is 1.65 bits per heavy atom. The lowest BCUT2D eigenvalue weighted by Crippen LogP contribution is -2.18. The van der Waals surface area contributed by atoms with Gasteiger partial charge in [0.1, 0.15) is 0 Å². The fourth-order valence-electron chi connectivity index (χ4n) is 1.71. The molecule has 0 bridgehead atoms. The number of nitro groups is 1. The summed E-state index contributed by atoms with van der Waals surface area (Å²) < 4.78 is 36.4. The van der Waals surface area contributed by atoms with Gasteiger partial charge < -0.3 is 0 Å². The topological polar surface area (TPSA) is 103 Å². The summed E-state index contributed by atoms with van der Waals surface area (Å²) in [7, 11) is -4.13. The van der Waals surface area contributed by atoms with E-state index in [1.807, 2.05) is 0 Å². The van der Waals surface area contributed by atoms with Gasteiger partial charge in [-0.2, -0.15) is 4.39 Å². The number of halogens is 1. The van der Waals surface area contributed by atoms with Crippen LogP contribution in [0.25, 0.3) is 0 Å². The molecule has 0 saturated heterocycles. The molecule has 2 N–H and O–H groups in total. The molecule has 94 valence electrons. The van der Waals surface area contributed by atoms with Gasteiger partial charge in [-0.05, 0) is 31.9 Å². The van der Waals surface area contributed by atoms with Gasteiger partial charge in [0.05, 0.1) is 15.4 Å². The van der Waals surface area contributed by atoms with Crippen LogP contribution in [-0.4, -0.2) is 13.3 Å². The highest BCUT2D eigenvalue weighted by Gasteiger charge is 2.29. The Morgan fingerprint density at radius 3 is 2.00 bits per heavy atom. The van der Waals surface area contributed by atoms with Crippen LogP contribution in [0.3, 0.4) is 0 Å². The molecule has 1 aromatic rings. The van der Waals surface area contributed by atoms with E-state index in [-0.39, 0.29) is 21.6 Å². The third-order valence-corrected chi connectivity index (χ3v) is 3.78. The first-order chi connectivity index (χ1) is 7.59. The van der Waals surface area contributed by atoms with Crippen molar-refractivity contribution in [2.45, 2.75) is 25.7 Å². The van der Waals surface area contributed by atoms with E-state index in [2.05, 4.69) is 0 Å². The molecule has 1 rings (SSSR count). The first-order valence-corrected chi connectivity index (χ1v) is 6.10. The van der Waals surface area contributed by atoms with Crippen LogP contribution in [-0.2, 0) is 10.0 Å². The third-order valence-electron chi connectivity index (χ3n) is 2.60. The second-order valence-corrected chi connectivity index (χ2v) is 5.17. The maximum Gasteiger partial charge on any atom is 0.309 e. The lowest BCUT2D eigenvalue weighted by molar-refractivity contribution is -0.388. The lowest BCUT2D eigenvalue weighted by Gasteiger charge is -2.11. The highest BCUT2D eigenvalue weighted by atomic mass is 32.2. The minimum atomic E-state index is -4.13. The summed E-state index contributed by atoms with van der Waals surface area (Å²) in [5.41, 5.74) is -1.13. The van der Waals surface area contributed by atoms with Crippen molar-refractivity contribution in [3.05, 3.63) is 32.6 Å². The Hall–Kier alpha value is -1.54. The Bertz CT molecular complexity index is 610. The van der Waals surface area contributed by atoms with E-state index < -0.39 is 26.5 Å². The highest BCUT2D eigenvalue weighted by Crippen LogP contribution is 2.33. The summed E-state index contributed by atoms with van der Waals surface area (Å²) in [6.45, 7) is 3.79. The zero-order valence-corrected chi connectivity index (χ0v) is 10.3. The minimum Gasteiger partial charge on any atom is -0.258 e. The summed E-state index contributed by atoms with van der Waals surface area (Å²) in [6.07, 6.45) is 0. The molecule has 6 nitrogen and oxygen atoms in total. The van der Waals surface area contributed by atoms with E-state index in [1.165, 1.54) is 13.8 Å². The lowest BCUT2D eigenvalue weighted by atomic mass is 10.0. The first-order valence-electron chi connectivity index (χ1n) is 4.55. The van der Waals surface area contributed by atoms with Crippen LogP contribution in [0.2, 0.25) is 0 Å². The van der Waals surface area contributed by atoms with Gasteiger partial charge in [0, 0.05) is 0 Å². The molecule has 0 aliphatic heterocycles. The summed E-state index contributed by atoms with van der Waals surface area (Å²) in [5, 5.41) is 15.7. The summed E-state index contributed by atoms with van der Waals surface area (Å²) in [6, 6.07) is 0. The van der Waals surface area contributed by atoms with E-state index in [1.54, 1.807) is 0 Å². The first kappa shape index (κ1) is 13.5. The van der Waals surface area contributed by atoms with Crippen molar-refractivity contribution in [2.75, 3.05) is 0 Å². The van der Waals surface area contributed by atoms with E-state index in [0.717, 1.165) is 6.92 Å². The molecule has 0 heterocycles. The molecule has 0 spiro atoms. The molecule has 17 heavy (non-hydrogen) atoms. The van der Waals surface area contributed by atoms with E-state index in [4.69, 9.17) is 5.14 Å². The molecule has 0 atom stereocenters. The van der Waals surface area contributed by atoms with Crippen molar-refractivity contribution in [1.29, 1.82) is 0 Å². The Labute approximate surface area is 97.4 Å². The summed E-state index contributed by atoms with van der Waals surface area (Å²) in [4.78, 5) is 9.38. The molecule has 0 aliphatic carbocycles. The van der Waals surface area contributed by atoms with Gasteiger partial charge in [-0.3, -0.25) is 10.1 Å². The van der Waals surface area contributed by atoms with Crippen molar-refractivity contribution in [1.82, 2.24) is 0 Å². The fourth-order valence-corrected chi connectivity index (χ4v) is 2.81. The summed E-state index contributed by atoms with van der Waals surface area (Å²) >= 11 is 0. The van der Waals surface area contributed by atoms with Crippen molar-refractivity contribution in [3.8, 4) is 0 Å². The number of hydrogen-bond donors (Lipinski definition) is 1. The molecule has 8 heteroatoms. The quantitative estimate of drug-likeness (QED) is 0.640. The van der Waals surface area contributed by atoms with Gasteiger partial charge in [-0.25, -0.2) is 13.6 Å². The number of nitro benzene ring substituents is 1. The molecule has 0 fully saturated rings. The molecule has 1 aromatic carbocycles. The number of benzene rings is 1. The molecule has 0 aliphatic rings. The Morgan fingerprint density at radius 1 is 1.18 bits per heavy atom. The zero-order chi connectivity index (χ0) is 13.5. The number of primary sulfonamides is 1. The summed E-state index contributed by atoms with van der Waals surface area (Å²) in [5.74, 6) is -1.03. The van der Waals surface area contributed by atoms with Crippen LogP contribution in [0.5, 0.6) is 0 Å². The van der Waals surface area contributed by atoms with Gasteiger partial charge in [-0.1, -0.05) is 0 Å². The molecule has 0 aromatic heterocycles. The van der Waals surface area contributed by atoms with Crippen molar-refractivity contribution < 1.29 is 17.7 Å². The number of nitrogens with two attached hydrogens (primary N) is 1. The number of nitrogens with zero attached hydrogens (tertiary/aromatic N) is 1. The molecule has 0 radical (unpaired) electrons. The van der Waals surface area contributed by atoms with Crippen molar-refractivity contribution >= 4 is 15.7 Å². The SMILES string of the molecule is Cc1c(C)c(S(N)(=O)=O)c(C)c([N+](=O)[O-])c1F. The molecular formula is C9H11FN2O4S. The Balaban J connectivity index is 3.95. The van der Waals surface area contributed by atoms with E-state index >= 15 is 0 Å². The predicted octanol–water partition coefficient (Wildman–Crippen LogP) is 1.31. The minimum absolute atomic E-state index is 0.0908. The maximum absolute atomic E-state index is 13.7. The monoisotopic (exact) mass is 262 g/mol. The molecule has 0 amide bonds. The second kappa shape index (κ2) is 4.04. The van der Waals surface area contributed by atoms with Gasteiger partial charge in [0.25, 0.3) is 0 Å². The second-order valence-electron chi connectivity index (χ2n) is 3.67. The average Bonchev–Trinajstić information content (AvgIpc) is 2.11. The van der Waals surface area contributed by atoms with Crippen LogP contribution in [0.1, 0.15) is 16.7 Å². The van der Waals surface area contributed by atoms with Gasteiger partial charge >= 0.3 is 5.69 Å². The fraction of sp³-hybridized carbons (Fsp3) is 0.333. The van der Waals surface area contributed by atoms with E-state index in [0.29, 0.717) is 0 Å². The largest absolute Gasteiger partial charge is 0.309 e. The van der Waals surface area contributed by atoms with Crippen molar-refractivity contribution in [3.63, 3.8) is 0 Å². The normalized spacial score (nSPS) is 11.6. The number of rotatable bonds is 2. The maximum atomic E-state index is 13.7. The molecule has 0 saturated carbocycles. The smallest absolute Gasteiger partial charge is 0.258 e. The predicted molar refractivity (Wildman–Crippen MR) is 58.6 cm³/mol. The molecular weight excluding hydrogens is 251 g/mol. The van der Waals surface area contributed by atoms with Gasteiger partial charge in [0.15, 0.2) is 0 Å². The van der Waals surface area contributed by atoms with E-state index in [9.17, 15) is 22.9 Å². The van der Waals surface area contributed by atoms with Gasteiger partial charge in [-0.15, -0.1) is 0 Å². The molecule has 0 unspecified atom stereocenters. The zero-order valence-electron chi connectivity index (χ0n) is 9.44. The Kier molecular flexibility index (Phi) is 3.22.